The molecule has 6 heteroatoms. The number of methoxy groups -OCH3 is 2. The number of benzene rings is 2. The number of carbonyl (C=O) groups excluding carboxylic acids is 2. The van der Waals surface area contributed by atoms with E-state index in [0.717, 1.165) is 16.8 Å². The number of ether oxygens (including phenoxy) is 2. The Morgan fingerprint density at radius 3 is 2.37 bits per heavy atom. The lowest BCUT2D eigenvalue weighted by Gasteiger charge is -2.24. The highest BCUT2D eigenvalue weighted by molar-refractivity contribution is 5.95. The molecule has 0 aliphatic heterocycles. The van der Waals surface area contributed by atoms with Crippen molar-refractivity contribution < 1.29 is 19.1 Å². The van der Waals surface area contributed by atoms with E-state index in [1.807, 2.05) is 32.0 Å². The van der Waals surface area contributed by atoms with Gasteiger partial charge in [0.1, 0.15) is 0 Å². The second-order valence-corrected chi connectivity index (χ2v) is 6.22. The van der Waals surface area contributed by atoms with Gasteiger partial charge in [0.2, 0.25) is 5.91 Å². The van der Waals surface area contributed by atoms with Gasteiger partial charge in [-0.1, -0.05) is 12.1 Å². The lowest BCUT2D eigenvalue weighted by atomic mass is 10.1. The van der Waals surface area contributed by atoms with Crippen LogP contribution in [-0.2, 0) is 4.79 Å². The van der Waals surface area contributed by atoms with E-state index < -0.39 is 0 Å². The summed E-state index contributed by atoms with van der Waals surface area (Å²) in [7, 11) is 3.07. The van der Waals surface area contributed by atoms with Gasteiger partial charge in [0.05, 0.1) is 14.2 Å². The molecule has 0 saturated heterocycles. The fraction of sp³-hybridized carbons (Fsp3) is 0.333. The van der Waals surface area contributed by atoms with Gasteiger partial charge in [0.25, 0.3) is 5.91 Å². The van der Waals surface area contributed by atoms with Gasteiger partial charge in [-0.05, 0) is 49.2 Å². The molecule has 0 bridgehead atoms. The number of nitrogens with one attached hydrogen (secondary N) is 1. The quantitative estimate of drug-likeness (QED) is 0.813. The molecular formula is C21H26N2O4. The molecule has 0 radical (unpaired) electrons. The SMILES string of the molecule is COc1ccc(C(=O)NCCN(C(C)=O)c2cccc(C)c2C)cc1OC. The first-order valence-electron chi connectivity index (χ1n) is 8.73. The number of carbonyl (C=O) groups is 2. The zero-order chi connectivity index (χ0) is 20.0. The van der Waals surface area contributed by atoms with E-state index in [4.69, 9.17) is 9.47 Å². The van der Waals surface area contributed by atoms with Crippen molar-refractivity contribution in [1.82, 2.24) is 5.32 Å². The fourth-order valence-electron chi connectivity index (χ4n) is 2.84. The van der Waals surface area contributed by atoms with Crippen molar-refractivity contribution >= 4 is 17.5 Å². The van der Waals surface area contributed by atoms with E-state index in [1.54, 1.807) is 30.2 Å². The molecular weight excluding hydrogens is 344 g/mol. The minimum absolute atomic E-state index is 0.0657. The molecule has 2 amide bonds. The molecule has 0 unspecified atom stereocenters. The smallest absolute Gasteiger partial charge is 0.251 e. The molecule has 0 spiro atoms. The zero-order valence-corrected chi connectivity index (χ0v) is 16.5. The molecule has 1 N–H and O–H groups in total. The van der Waals surface area contributed by atoms with Crippen molar-refractivity contribution in [3.8, 4) is 11.5 Å². The van der Waals surface area contributed by atoms with E-state index in [9.17, 15) is 9.59 Å². The summed E-state index contributed by atoms with van der Waals surface area (Å²) < 4.78 is 10.4. The van der Waals surface area contributed by atoms with Crippen LogP contribution in [0.3, 0.4) is 0 Å². The van der Waals surface area contributed by atoms with Gasteiger partial charge >= 0.3 is 0 Å². The van der Waals surface area contributed by atoms with Crippen LogP contribution in [0.1, 0.15) is 28.4 Å². The predicted octanol–water partition coefficient (Wildman–Crippen LogP) is 3.10. The Balaban J connectivity index is 2.06. The van der Waals surface area contributed by atoms with Crippen molar-refractivity contribution in [2.75, 3.05) is 32.2 Å². The Labute approximate surface area is 160 Å². The monoisotopic (exact) mass is 370 g/mol. The summed E-state index contributed by atoms with van der Waals surface area (Å²) in [6.45, 7) is 6.25. The van der Waals surface area contributed by atoms with Crippen LogP contribution in [0.4, 0.5) is 5.69 Å². The second kappa shape index (κ2) is 9.07. The first-order chi connectivity index (χ1) is 12.9. The van der Waals surface area contributed by atoms with Crippen molar-refractivity contribution in [2.45, 2.75) is 20.8 Å². The summed E-state index contributed by atoms with van der Waals surface area (Å²) in [6, 6.07) is 10.8. The Kier molecular flexibility index (Phi) is 6.82. The van der Waals surface area contributed by atoms with Gasteiger partial charge in [-0.2, -0.15) is 0 Å². The van der Waals surface area contributed by atoms with Crippen LogP contribution in [0, 0.1) is 13.8 Å². The second-order valence-electron chi connectivity index (χ2n) is 6.22. The zero-order valence-electron chi connectivity index (χ0n) is 16.5. The number of hydrogen-bond acceptors (Lipinski definition) is 4. The van der Waals surface area contributed by atoms with Crippen LogP contribution >= 0.6 is 0 Å². The lowest BCUT2D eigenvalue weighted by Crippen LogP contribution is -2.38. The maximum absolute atomic E-state index is 12.4. The van der Waals surface area contributed by atoms with Gasteiger partial charge in [0, 0.05) is 31.3 Å². The van der Waals surface area contributed by atoms with Crippen LogP contribution in [0.5, 0.6) is 11.5 Å². The van der Waals surface area contributed by atoms with E-state index >= 15 is 0 Å². The Morgan fingerprint density at radius 2 is 1.74 bits per heavy atom. The standard InChI is InChI=1S/C21H26N2O4/c1-14-7-6-8-18(15(14)2)23(16(3)24)12-11-22-21(25)17-9-10-19(26-4)20(13-17)27-5/h6-10,13H,11-12H2,1-5H3,(H,22,25). The summed E-state index contributed by atoms with van der Waals surface area (Å²) in [5.41, 5.74) is 3.50. The van der Waals surface area contributed by atoms with Gasteiger partial charge in [-0.15, -0.1) is 0 Å². The first-order valence-corrected chi connectivity index (χ1v) is 8.73. The minimum atomic E-state index is -0.236. The third kappa shape index (κ3) is 4.78. The lowest BCUT2D eigenvalue weighted by molar-refractivity contribution is -0.116. The van der Waals surface area contributed by atoms with E-state index in [2.05, 4.69) is 5.32 Å². The highest BCUT2D eigenvalue weighted by atomic mass is 16.5. The summed E-state index contributed by atoms with van der Waals surface area (Å²) >= 11 is 0. The summed E-state index contributed by atoms with van der Waals surface area (Å²) in [5.74, 6) is 0.752. The van der Waals surface area contributed by atoms with Gasteiger partial charge in [0.15, 0.2) is 11.5 Å². The van der Waals surface area contributed by atoms with Crippen LogP contribution in [-0.4, -0.2) is 39.1 Å². The molecule has 0 aromatic heterocycles. The molecule has 0 aliphatic rings. The number of rotatable bonds is 7. The molecule has 0 atom stereocenters. The topological polar surface area (TPSA) is 67.9 Å². The molecule has 0 aliphatic carbocycles. The minimum Gasteiger partial charge on any atom is -0.493 e. The normalized spacial score (nSPS) is 10.3. The van der Waals surface area contributed by atoms with E-state index in [0.29, 0.717) is 30.2 Å². The molecule has 0 fully saturated rings. The van der Waals surface area contributed by atoms with E-state index in [-0.39, 0.29) is 11.8 Å². The molecule has 0 heterocycles. The van der Waals surface area contributed by atoms with Gasteiger partial charge < -0.3 is 19.7 Å². The highest BCUT2D eigenvalue weighted by Crippen LogP contribution is 2.27. The van der Waals surface area contributed by atoms with E-state index in [1.165, 1.54) is 14.0 Å². The highest BCUT2D eigenvalue weighted by Gasteiger charge is 2.16. The number of nitrogens with zero attached hydrogens (tertiary/aromatic N) is 1. The molecule has 144 valence electrons. The summed E-state index contributed by atoms with van der Waals surface area (Å²) in [5, 5.41) is 2.85. The average molecular weight is 370 g/mol. The third-order valence-corrected chi connectivity index (χ3v) is 4.51. The molecule has 27 heavy (non-hydrogen) atoms. The summed E-state index contributed by atoms with van der Waals surface area (Å²) in [4.78, 5) is 26.2. The largest absolute Gasteiger partial charge is 0.493 e. The van der Waals surface area contributed by atoms with Crippen LogP contribution in [0.2, 0.25) is 0 Å². The fourth-order valence-corrected chi connectivity index (χ4v) is 2.84. The third-order valence-electron chi connectivity index (χ3n) is 4.51. The maximum Gasteiger partial charge on any atom is 0.251 e. The molecule has 6 nitrogen and oxygen atoms in total. The first kappa shape index (κ1) is 20.3. The molecule has 2 aromatic rings. The van der Waals surface area contributed by atoms with Crippen molar-refractivity contribution in [3.05, 3.63) is 53.1 Å². The number of aryl methyl sites for hydroxylation is 1. The average Bonchev–Trinajstić information content (AvgIpc) is 2.66. The van der Waals surface area contributed by atoms with Crippen molar-refractivity contribution in [2.24, 2.45) is 0 Å². The molecule has 0 saturated carbocycles. The number of amides is 2. The number of hydrogen-bond donors (Lipinski definition) is 1. The van der Waals surface area contributed by atoms with Gasteiger partial charge in [-0.3, -0.25) is 9.59 Å². The van der Waals surface area contributed by atoms with Gasteiger partial charge in [-0.25, -0.2) is 0 Å². The van der Waals surface area contributed by atoms with Crippen LogP contribution < -0.4 is 19.7 Å². The molecule has 2 rings (SSSR count). The Hall–Kier alpha value is -3.02. The van der Waals surface area contributed by atoms with Crippen LogP contribution in [0.15, 0.2) is 36.4 Å². The van der Waals surface area contributed by atoms with Crippen molar-refractivity contribution in [3.63, 3.8) is 0 Å². The summed E-state index contributed by atoms with van der Waals surface area (Å²) in [6.07, 6.45) is 0. The number of anilines is 1. The van der Waals surface area contributed by atoms with Crippen LogP contribution in [0.25, 0.3) is 0 Å². The predicted molar refractivity (Wildman–Crippen MR) is 106 cm³/mol. The Bertz CT molecular complexity index is 833. The van der Waals surface area contributed by atoms with Crippen molar-refractivity contribution in [1.29, 1.82) is 0 Å². The maximum atomic E-state index is 12.4. The molecule has 2 aromatic carbocycles. The Morgan fingerprint density at radius 1 is 1.04 bits per heavy atom.